The van der Waals surface area contributed by atoms with Crippen LogP contribution in [-0.4, -0.2) is 43.4 Å². The van der Waals surface area contributed by atoms with E-state index >= 15 is 0 Å². The van der Waals surface area contributed by atoms with E-state index in [9.17, 15) is 8.42 Å². The van der Waals surface area contributed by atoms with Crippen molar-refractivity contribution in [2.75, 3.05) is 24.5 Å². The molecular formula is C21H29N3O2S. The number of rotatable bonds is 3. The summed E-state index contributed by atoms with van der Waals surface area (Å²) in [4.78, 5) is 7.54. The van der Waals surface area contributed by atoms with Gasteiger partial charge in [0.1, 0.15) is 5.82 Å². The smallest absolute Gasteiger partial charge is 0.243 e. The van der Waals surface area contributed by atoms with E-state index in [-0.39, 0.29) is 6.04 Å². The van der Waals surface area contributed by atoms with Crippen molar-refractivity contribution in [3.8, 4) is 0 Å². The molecule has 0 N–H and O–H groups in total. The summed E-state index contributed by atoms with van der Waals surface area (Å²) in [5.74, 6) is 1.00. The van der Waals surface area contributed by atoms with E-state index in [4.69, 9.17) is 4.98 Å². The maximum Gasteiger partial charge on any atom is 0.243 e. The molecule has 27 heavy (non-hydrogen) atoms. The molecule has 5 nitrogen and oxygen atoms in total. The van der Waals surface area contributed by atoms with Gasteiger partial charge in [-0.1, -0.05) is 19.3 Å². The van der Waals surface area contributed by atoms with E-state index < -0.39 is 10.0 Å². The van der Waals surface area contributed by atoms with Gasteiger partial charge in [-0.25, -0.2) is 13.4 Å². The molecule has 0 saturated carbocycles. The number of pyridine rings is 1. The van der Waals surface area contributed by atoms with Crippen LogP contribution in [0.1, 0.15) is 51.9 Å². The van der Waals surface area contributed by atoms with Gasteiger partial charge in [0.05, 0.1) is 10.4 Å². The lowest BCUT2D eigenvalue weighted by Gasteiger charge is -2.32. The monoisotopic (exact) mass is 387 g/mol. The van der Waals surface area contributed by atoms with Crippen LogP contribution in [-0.2, 0) is 10.0 Å². The lowest BCUT2D eigenvalue weighted by atomic mass is 10.1. The van der Waals surface area contributed by atoms with Gasteiger partial charge in [-0.05, 0) is 62.9 Å². The highest BCUT2D eigenvalue weighted by Crippen LogP contribution is 2.28. The lowest BCUT2D eigenvalue weighted by Crippen LogP contribution is -2.41. The van der Waals surface area contributed by atoms with Gasteiger partial charge in [-0.2, -0.15) is 4.31 Å². The molecule has 2 aromatic rings. The fourth-order valence-corrected chi connectivity index (χ4v) is 6.03. The Labute approximate surface area is 162 Å². The Morgan fingerprint density at radius 1 is 0.926 bits per heavy atom. The molecule has 0 amide bonds. The van der Waals surface area contributed by atoms with E-state index in [0.29, 0.717) is 11.4 Å². The average Bonchev–Trinajstić information content (AvgIpc) is 2.97. The number of anilines is 1. The van der Waals surface area contributed by atoms with E-state index in [1.54, 1.807) is 16.4 Å². The summed E-state index contributed by atoms with van der Waals surface area (Å²) in [5, 5.41) is 0.888. The predicted octanol–water partition coefficient (Wildman–Crippen LogP) is 4.18. The average molecular weight is 388 g/mol. The Morgan fingerprint density at radius 3 is 2.41 bits per heavy atom. The van der Waals surface area contributed by atoms with Crippen LogP contribution in [0.15, 0.2) is 35.2 Å². The molecule has 146 valence electrons. The molecule has 2 fully saturated rings. The second kappa shape index (κ2) is 7.76. The van der Waals surface area contributed by atoms with Gasteiger partial charge in [0.2, 0.25) is 10.0 Å². The van der Waals surface area contributed by atoms with Crippen LogP contribution in [0.4, 0.5) is 5.82 Å². The normalized spacial score (nSPS) is 22.7. The Balaban J connectivity index is 1.63. The number of piperidine rings is 1. The largest absolute Gasteiger partial charge is 0.357 e. The third kappa shape index (κ3) is 3.83. The topological polar surface area (TPSA) is 53.5 Å². The van der Waals surface area contributed by atoms with Gasteiger partial charge in [-0.3, -0.25) is 0 Å². The van der Waals surface area contributed by atoms with Gasteiger partial charge in [0, 0.05) is 31.1 Å². The molecule has 2 saturated heterocycles. The predicted molar refractivity (Wildman–Crippen MR) is 110 cm³/mol. The van der Waals surface area contributed by atoms with Crippen molar-refractivity contribution < 1.29 is 8.42 Å². The molecule has 4 rings (SSSR count). The molecular weight excluding hydrogens is 358 g/mol. The molecule has 1 aromatic heterocycles. The number of hydrogen-bond donors (Lipinski definition) is 0. The summed E-state index contributed by atoms with van der Waals surface area (Å²) in [6.07, 6.45) is 8.00. The van der Waals surface area contributed by atoms with E-state index in [1.165, 1.54) is 25.7 Å². The first-order valence-electron chi connectivity index (χ1n) is 10.2. The Kier molecular flexibility index (Phi) is 5.37. The van der Waals surface area contributed by atoms with Gasteiger partial charge in [0.15, 0.2) is 0 Å². The highest BCUT2D eigenvalue weighted by molar-refractivity contribution is 7.89. The number of fused-ring (bicyclic) bond motifs is 1. The van der Waals surface area contributed by atoms with Gasteiger partial charge >= 0.3 is 0 Å². The zero-order valence-electron chi connectivity index (χ0n) is 16.1. The SMILES string of the molecule is C[C@H]1CCCCN1S(=O)(=O)c1ccc2nc(N3CCCCCC3)ccc2c1. The minimum Gasteiger partial charge on any atom is -0.357 e. The zero-order valence-corrected chi connectivity index (χ0v) is 16.9. The minimum atomic E-state index is -3.44. The number of hydrogen-bond acceptors (Lipinski definition) is 4. The van der Waals surface area contributed by atoms with Gasteiger partial charge in [0.25, 0.3) is 0 Å². The van der Waals surface area contributed by atoms with Crippen LogP contribution in [0.3, 0.4) is 0 Å². The maximum atomic E-state index is 13.1. The van der Waals surface area contributed by atoms with Crippen LogP contribution in [0.5, 0.6) is 0 Å². The van der Waals surface area contributed by atoms with Crippen molar-refractivity contribution in [3.63, 3.8) is 0 Å². The molecule has 1 atom stereocenters. The number of aromatic nitrogens is 1. The molecule has 0 unspecified atom stereocenters. The number of benzene rings is 1. The summed E-state index contributed by atoms with van der Waals surface area (Å²) >= 11 is 0. The quantitative estimate of drug-likeness (QED) is 0.793. The van der Waals surface area contributed by atoms with Crippen LogP contribution in [0.2, 0.25) is 0 Å². The fourth-order valence-electron chi connectivity index (χ4n) is 4.29. The van der Waals surface area contributed by atoms with Crippen LogP contribution in [0.25, 0.3) is 10.9 Å². The summed E-state index contributed by atoms with van der Waals surface area (Å²) in [6, 6.07) is 9.49. The molecule has 0 aliphatic carbocycles. The Bertz CT molecular complexity index is 905. The van der Waals surface area contributed by atoms with Crippen molar-refractivity contribution in [2.45, 2.75) is 62.8 Å². The van der Waals surface area contributed by atoms with Crippen molar-refractivity contribution in [2.24, 2.45) is 0 Å². The van der Waals surface area contributed by atoms with Crippen LogP contribution >= 0.6 is 0 Å². The van der Waals surface area contributed by atoms with E-state index in [0.717, 1.165) is 49.1 Å². The van der Waals surface area contributed by atoms with Gasteiger partial charge in [-0.15, -0.1) is 0 Å². The lowest BCUT2D eigenvalue weighted by molar-refractivity contribution is 0.268. The molecule has 0 spiro atoms. The highest BCUT2D eigenvalue weighted by Gasteiger charge is 2.31. The van der Waals surface area contributed by atoms with E-state index in [2.05, 4.69) is 4.90 Å². The Morgan fingerprint density at radius 2 is 1.67 bits per heavy atom. The summed E-state index contributed by atoms with van der Waals surface area (Å²) < 4.78 is 27.8. The van der Waals surface area contributed by atoms with Crippen LogP contribution < -0.4 is 4.90 Å². The highest BCUT2D eigenvalue weighted by atomic mass is 32.2. The second-order valence-corrected chi connectivity index (χ2v) is 9.78. The molecule has 0 radical (unpaired) electrons. The molecule has 0 bridgehead atoms. The molecule has 6 heteroatoms. The third-order valence-corrected chi connectivity index (χ3v) is 7.93. The van der Waals surface area contributed by atoms with Crippen molar-refractivity contribution in [1.82, 2.24) is 9.29 Å². The number of sulfonamides is 1. The maximum absolute atomic E-state index is 13.1. The Hall–Kier alpha value is -1.66. The summed E-state index contributed by atoms with van der Waals surface area (Å²) in [7, 11) is -3.44. The van der Waals surface area contributed by atoms with Crippen molar-refractivity contribution in [3.05, 3.63) is 30.3 Å². The second-order valence-electron chi connectivity index (χ2n) is 7.89. The first-order chi connectivity index (χ1) is 13.1. The number of nitrogens with zero attached hydrogens (tertiary/aromatic N) is 3. The molecule has 1 aromatic carbocycles. The third-order valence-electron chi connectivity index (χ3n) is 5.92. The minimum absolute atomic E-state index is 0.0722. The molecule has 2 aliphatic rings. The standard InChI is InChI=1S/C21H29N3O2S/c1-17-8-4-7-15-24(17)27(25,26)19-10-11-20-18(16-19)9-12-21(22-20)23-13-5-2-3-6-14-23/h9-12,16-17H,2-8,13-15H2,1H3/t17-/m0/s1. The summed E-state index contributed by atoms with van der Waals surface area (Å²) in [5.41, 5.74) is 0.863. The fraction of sp³-hybridized carbons (Fsp3) is 0.571. The van der Waals surface area contributed by atoms with Gasteiger partial charge < -0.3 is 4.90 Å². The zero-order chi connectivity index (χ0) is 18.9. The summed E-state index contributed by atoms with van der Waals surface area (Å²) in [6.45, 7) is 4.73. The van der Waals surface area contributed by atoms with Crippen molar-refractivity contribution in [1.29, 1.82) is 0 Å². The molecule has 2 aliphatic heterocycles. The first-order valence-corrected chi connectivity index (χ1v) is 11.7. The van der Waals surface area contributed by atoms with Crippen molar-refractivity contribution >= 4 is 26.7 Å². The van der Waals surface area contributed by atoms with E-state index in [1.807, 2.05) is 25.1 Å². The van der Waals surface area contributed by atoms with Crippen LogP contribution in [0, 0.1) is 0 Å². The first kappa shape index (κ1) is 18.7. The molecule has 3 heterocycles.